The number of hydrogen-bond donors (Lipinski definition) is 1. The van der Waals surface area contributed by atoms with E-state index in [-0.39, 0.29) is 24.5 Å². The molecule has 0 saturated heterocycles. The van der Waals surface area contributed by atoms with E-state index >= 15 is 0 Å². The lowest BCUT2D eigenvalue weighted by Crippen LogP contribution is -2.50. The molecule has 3 rings (SSSR count). The summed E-state index contributed by atoms with van der Waals surface area (Å²) >= 11 is 0. The van der Waals surface area contributed by atoms with E-state index in [9.17, 15) is 9.59 Å². The van der Waals surface area contributed by atoms with Crippen molar-refractivity contribution in [2.24, 2.45) is 0 Å². The molecule has 0 radical (unpaired) electrons. The molecule has 0 heterocycles. The van der Waals surface area contributed by atoms with E-state index in [1.54, 1.807) is 11.8 Å². The van der Waals surface area contributed by atoms with Crippen molar-refractivity contribution in [1.29, 1.82) is 0 Å². The third-order valence-electron chi connectivity index (χ3n) is 5.97. The van der Waals surface area contributed by atoms with Crippen molar-refractivity contribution in [3.05, 3.63) is 65.2 Å². The molecular formula is C25H32N2O3. The molecule has 1 aliphatic carbocycles. The lowest BCUT2D eigenvalue weighted by atomic mass is 10.1. The molecule has 2 aromatic carbocycles. The molecule has 1 saturated carbocycles. The summed E-state index contributed by atoms with van der Waals surface area (Å²) in [5.41, 5.74) is 3.12. The highest BCUT2D eigenvalue weighted by Gasteiger charge is 2.28. The second-order valence-electron chi connectivity index (χ2n) is 8.16. The van der Waals surface area contributed by atoms with Crippen molar-refractivity contribution in [2.75, 3.05) is 6.61 Å². The lowest BCUT2D eigenvalue weighted by Gasteiger charge is -2.29. The Morgan fingerprint density at radius 2 is 1.77 bits per heavy atom. The number of ether oxygens (including phenoxy) is 1. The van der Waals surface area contributed by atoms with Crippen LogP contribution in [0, 0.1) is 13.8 Å². The predicted molar refractivity (Wildman–Crippen MR) is 118 cm³/mol. The van der Waals surface area contributed by atoms with E-state index in [2.05, 4.69) is 5.32 Å². The topological polar surface area (TPSA) is 58.6 Å². The molecule has 1 aliphatic rings. The molecule has 30 heavy (non-hydrogen) atoms. The first-order valence-corrected chi connectivity index (χ1v) is 10.8. The summed E-state index contributed by atoms with van der Waals surface area (Å²) < 4.78 is 5.84. The molecule has 1 N–H and O–H groups in total. The summed E-state index contributed by atoms with van der Waals surface area (Å²) in [5.74, 6) is 0.401. The van der Waals surface area contributed by atoms with Crippen molar-refractivity contribution < 1.29 is 14.3 Å². The molecule has 5 heteroatoms. The van der Waals surface area contributed by atoms with Crippen LogP contribution in [0.15, 0.2) is 48.5 Å². The van der Waals surface area contributed by atoms with Crippen LogP contribution in [0.25, 0.3) is 0 Å². The first-order chi connectivity index (χ1) is 14.5. The average Bonchev–Trinajstić information content (AvgIpc) is 3.26. The van der Waals surface area contributed by atoms with Crippen LogP contribution < -0.4 is 10.1 Å². The molecule has 1 atom stereocenters. The van der Waals surface area contributed by atoms with Crippen molar-refractivity contribution in [3.63, 3.8) is 0 Å². The first-order valence-electron chi connectivity index (χ1n) is 10.8. The fraction of sp³-hybridized carbons (Fsp3) is 0.440. The number of rotatable bonds is 8. The molecule has 2 aromatic rings. The van der Waals surface area contributed by atoms with Crippen molar-refractivity contribution in [3.8, 4) is 5.75 Å². The van der Waals surface area contributed by atoms with Crippen LogP contribution in [0.5, 0.6) is 5.75 Å². The predicted octanol–water partition coefficient (Wildman–Crippen LogP) is 4.16. The molecule has 1 fully saturated rings. The standard InChI is InChI=1S/C25H32N2O3/c1-18-10-9-15-23(19(18)2)30-17-24(28)27(16-21-11-5-4-6-12-21)20(3)25(29)26-22-13-7-8-14-22/h4-6,9-12,15,20,22H,7-8,13-14,16-17H2,1-3H3,(H,26,29)/t20-/m0/s1. The largest absolute Gasteiger partial charge is 0.483 e. The number of benzene rings is 2. The van der Waals surface area contributed by atoms with Gasteiger partial charge in [-0.2, -0.15) is 0 Å². The summed E-state index contributed by atoms with van der Waals surface area (Å²) in [6.45, 7) is 6.06. The van der Waals surface area contributed by atoms with E-state index in [4.69, 9.17) is 4.74 Å². The van der Waals surface area contributed by atoms with Gasteiger partial charge in [0.25, 0.3) is 5.91 Å². The molecular weight excluding hydrogens is 376 g/mol. The highest BCUT2D eigenvalue weighted by atomic mass is 16.5. The van der Waals surface area contributed by atoms with Crippen LogP contribution in [-0.2, 0) is 16.1 Å². The number of nitrogens with zero attached hydrogens (tertiary/aromatic N) is 1. The van der Waals surface area contributed by atoms with Crippen LogP contribution in [0.1, 0.15) is 49.3 Å². The third-order valence-corrected chi connectivity index (χ3v) is 5.97. The van der Waals surface area contributed by atoms with Gasteiger partial charge in [-0.05, 0) is 56.4 Å². The van der Waals surface area contributed by atoms with Crippen molar-refractivity contribution in [1.82, 2.24) is 10.2 Å². The average molecular weight is 409 g/mol. The maximum Gasteiger partial charge on any atom is 0.261 e. The second kappa shape index (κ2) is 10.3. The van der Waals surface area contributed by atoms with Crippen LogP contribution >= 0.6 is 0 Å². The number of hydrogen-bond acceptors (Lipinski definition) is 3. The van der Waals surface area contributed by atoms with Gasteiger partial charge in [-0.25, -0.2) is 0 Å². The summed E-state index contributed by atoms with van der Waals surface area (Å²) in [4.78, 5) is 27.6. The monoisotopic (exact) mass is 408 g/mol. The first kappa shape index (κ1) is 21.9. The Kier molecular flexibility index (Phi) is 7.50. The van der Waals surface area contributed by atoms with E-state index < -0.39 is 6.04 Å². The third kappa shape index (κ3) is 5.62. The van der Waals surface area contributed by atoms with Crippen LogP contribution in [0.4, 0.5) is 0 Å². The Hall–Kier alpha value is -2.82. The number of nitrogens with one attached hydrogen (secondary N) is 1. The van der Waals surface area contributed by atoms with Crippen molar-refractivity contribution in [2.45, 2.75) is 65.1 Å². The summed E-state index contributed by atoms with van der Waals surface area (Å²) in [6, 6.07) is 15.2. The summed E-state index contributed by atoms with van der Waals surface area (Å²) in [6.07, 6.45) is 4.33. The smallest absolute Gasteiger partial charge is 0.261 e. The van der Waals surface area contributed by atoms with Gasteiger partial charge in [0.2, 0.25) is 5.91 Å². The minimum absolute atomic E-state index is 0.0990. The SMILES string of the molecule is Cc1cccc(OCC(=O)N(Cc2ccccc2)[C@@H](C)C(=O)NC2CCCC2)c1C. The molecule has 0 spiro atoms. The molecule has 0 unspecified atom stereocenters. The van der Waals surface area contributed by atoms with Gasteiger partial charge in [-0.3, -0.25) is 9.59 Å². The quantitative estimate of drug-likeness (QED) is 0.714. The van der Waals surface area contributed by atoms with Gasteiger partial charge < -0.3 is 15.0 Å². The zero-order valence-electron chi connectivity index (χ0n) is 18.2. The van der Waals surface area contributed by atoms with Gasteiger partial charge in [-0.1, -0.05) is 55.3 Å². The molecule has 160 valence electrons. The Labute approximate surface area is 179 Å². The zero-order valence-corrected chi connectivity index (χ0v) is 18.2. The van der Waals surface area contributed by atoms with E-state index in [0.717, 1.165) is 42.4 Å². The molecule has 0 aliphatic heterocycles. The number of carbonyl (C=O) groups is 2. The van der Waals surface area contributed by atoms with E-state index in [0.29, 0.717) is 12.3 Å². The summed E-state index contributed by atoms with van der Waals surface area (Å²) in [5, 5.41) is 3.12. The fourth-order valence-corrected chi connectivity index (χ4v) is 3.86. The van der Waals surface area contributed by atoms with Crippen molar-refractivity contribution >= 4 is 11.8 Å². The Morgan fingerprint density at radius 1 is 1.07 bits per heavy atom. The number of aryl methyl sites for hydroxylation is 1. The number of carbonyl (C=O) groups excluding carboxylic acids is 2. The highest BCUT2D eigenvalue weighted by Crippen LogP contribution is 2.21. The van der Waals surface area contributed by atoms with Gasteiger partial charge in [0.15, 0.2) is 6.61 Å². The molecule has 0 bridgehead atoms. The maximum atomic E-state index is 13.1. The molecule has 5 nitrogen and oxygen atoms in total. The van der Waals surface area contributed by atoms with E-state index in [1.165, 1.54) is 0 Å². The van der Waals surface area contributed by atoms with Gasteiger partial charge in [0.1, 0.15) is 11.8 Å². The fourth-order valence-electron chi connectivity index (χ4n) is 3.86. The highest BCUT2D eigenvalue weighted by molar-refractivity contribution is 5.88. The minimum Gasteiger partial charge on any atom is -0.483 e. The molecule has 0 aromatic heterocycles. The van der Waals surface area contributed by atoms with Crippen LogP contribution in [0.2, 0.25) is 0 Å². The Morgan fingerprint density at radius 3 is 2.47 bits per heavy atom. The zero-order chi connectivity index (χ0) is 21.5. The lowest BCUT2D eigenvalue weighted by molar-refractivity contribution is -0.142. The summed E-state index contributed by atoms with van der Waals surface area (Å²) in [7, 11) is 0. The van der Waals surface area contributed by atoms with Gasteiger partial charge in [-0.15, -0.1) is 0 Å². The van der Waals surface area contributed by atoms with Gasteiger partial charge >= 0.3 is 0 Å². The Balaban J connectivity index is 1.71. The maximum absolute atomic E-state index is 13.1. The van der Waals surface area contributed by atoms with E-state index in [1.807, 2.05) is 62.4 Å². The Bertz CT molecular complexity index is 860. The van der Waals surface area contributed by atoms with Crippen LogP contribution in [0.3, 0.4) is 0 Å². The van der Waals surface area contributed by atoms with Gasteiger partial charge in [0, 0.05) is 12.6 Å². The van der Waals surface area contributed by atoms with Crippen LogP contribution in [-0.4, -0.2) is 35.4 Å². The van der Waals surface area contributed by atoms with Gasteiger partial charge in [0.05, 0.1) is 0 Å². The normalized spacial score (nSPS) is 14.9. The number of amides is 2. The minimum atomic E-state index is -0.569. The molecule has 2 amide bonds. The second-order valence-corrected chi connectivity index (χ2v) is 8.16.